The van der Waals surface area contributed by atoms with Crippen LogP contribution in [0.2, 0.25) is 10.0 Å². The third kappa shape index (κ3) is 15.0. The Morgan fingerprint density at radius 1 is 0.539 bits per heavy atom. The Hall–Kier alpha value is -10.8. The maximum atomic E-state index is 14.6. The summed E-state index contributed by atoms with van der Waals surface area (Å²) >= 11 is 13.2. The van der Waals surface area contributed by atoms with Crippen LogP contribution >= 0.6 is 23.2 Å². The van der Waals surface area contributed by atoms with Crippen molar-refractivity contribution >= 4 is 111 Å². The molecule has 102 heavy (non-hydrogen) atoms. The van der Waals surface area contributed by atoms with Crippen LogP contribution in [0.1, 0.15) is 83.8 Å². The normalized spacial score (nSPS) is 13.8. The number of carbonyl (C=O) groups is 2. The number of aromatic nitrogens is 14. The van der Waals surface area contributed by atoms with Crippen LogP contribution in [0.15, 0.2) is 119 Å². The van der Waals surface area contributed by atoms with Crippen LogP contribution in [-0.2, 0) is 69.7 Å². The van der Waals surface area contributed by atoms with Crippen LogP contribution in [0.25, 0.3) is 55.2 Å². The van der Waals surface area contributed by atoms with Gasteiger partial charge in [0, 0.05) is 75.4 Å². The lowest BCUT2D eigenvalue weighted by Crippen LogP contribution is -2.37. The maximum absolute atomic E-state index is 14.6. The van der Waals surface area contributed by atoms with Crippen molar-refractivity contribution in [2.24, 2.45) is 14.1 Å². The number of amides is 2. The van der Waals surface area contributed by atoms with Crippen LogP contribution in [-0.4, -0.2) is 124 Å². The van der Waals surface area contributed by atoms with E-state index in [0.717, 1.165) is 86.0 Å². The highest BCUT2D eigenvalue weighted by atomic mass is 35.5. The highest BCUT2D eigenvalue weighted by Gasteiger charge is 2.33. The van der Waals surface area contributed by atoms with Crippen molar-refractivity contribution in [1.82, 2.24) is 78.8 Å². The van der Waals surface area contributed by atoms with Crippen molar-refractivity contribution in [3.8, 4) is 23.1 Å². The van der Waals surface area contributed by atoms with E-state index in [1.54, 1.807) is 12.4 Å². The molecule has 0 radical (unpaired) electrons. The standard InChI is InChI=1S/2C33H30ClF2N9O5S/c2*1-43-29-25(8-7-22(34)28(29)31(41-43)42-51(3,48)49)45-32(39-30-21(33(45)47)6-9-27(38-30)50-2)24(14-17-12-19(35)15-20(36)13-17)37-26(46)16-44-11-10-23(40-44)18-4-5-18/h2*6-13,15,18,24H,4-5,14,16H2,1-3H3,(H,37,46)(H,41,42)/t2*24-/m00/s1. The number of hydrogen-bond donors (Lipinski definition) is 4. The highest BCUT2D eigenvalue weighted by Crippen LogP contribution is 2.41. The SMILES string of the molecule is COc1ccc2c(=O)n(-c3ccc(Cl)c4c(NS(C)(=O)=O)nn(C)c34)c([C@H](Cc3cc(F)cc(F)c3)NC(=O)Cn3ccc(C4CC4)n3)nc2n1.COc1ccc2c(=O)n(-c3ccc(Cl)c4c(NS(C)(=O)=O)nn(C)c34)c([C@H](Cc3cc(F)cc(F)c3)NC(=O)Cn3ccc(C4CC4)n3)nc2n1. The van der Waals surface area contributed by atoms with Gasteiger partial charge in [0.05, 0.1) is 104 Å². The van der Waals surface area contributed by atoms with E-state index in [9.17, 15) is 53.6 Å². The van der Waals surface area contributed by atoms with Gasteiger partial charge in [-0.3, -0.25) is 56.5 Å². The van der Waals surface area contributed by atoms with Crippen molar-refractivity contribution in [2.45, 2.75) is 75.5 Å². The van der Waals surface area contributed by atoms with Crippen LogP contribution in [0.5, 0.6) is 11.8 Å². The molecule has 2 aliphatic rings. The largest absolute Gasteiger partial charge is 0.481 e. The molecule has 528 valence electrons. The van der Waals surface area contributed by atoms with Gasteiger partial charge >= 0.3 is 0 Å². The number of nitrogens with one attached hydrogen (secondary N) is 4. The average Bonchev–Trinajstić information content (AvgIpc) is 1.27. The summed E-state index contributed by atoms with van der Waals surface area (Å²) in [7, 11) is -1.72. The molecule has 12 aromatic rings. The molecular weight excluding hydrogens is 1420 g/mol. The molecule has 2 fully saturated rings. The zero-order chi connectivity index (χ0) is 72.4. The number of hydrogen-bond acceptors (Lipinski definition) is 18. The Morgan fingerprint density at radius 3 is 1.25 bits per heavy atom. The van der Waals surface area contributed by atoms with Gasteiger partial charge in [-0.1, -0.05) is 23.2 Å². The predicted molar refractivity (Wildman–Crippen MR) is 369 cm³/mol. The van der Waals surface area contributed by atoms with E-state index in [1.807, 2.05) is 12.1 Å². The number of rotatable bonds is 22. The second kappa shape index (κ2) is 27.6. The first-order chi connectivity index (χ1) is 48.5. The molecule has 0 bridgehead atoms. The number of benzene rings is 4. The molecule has 0 aliphatic heterocycles. The van der Waals surface area contributed by atoms with Crippen LogP contribution in [0.3, 0.4) is 0 Å². The minimum Gasteiger partial charge on any atom is -0.481 e. The molecule has 8 aromatic heterocycles. The topological polar surface area (TPSA) is 336 Å². The molecule has 0 unspecified atom stereocenters. The summed E-state index contributed by atoms with van der Waals surface area (Å²) in [5, 5.41) is 24.3. The van der Waals surface area contributed by atoms with Gasteiger partial charge in [-0.05, 0) is 110 Å². The fourth-order valence-electron chi connectivity index (χ4n) is 12.1. The number of halogens is 6. The zero-order valence-electron chi connectivity index (χ0n) is 54.8. The monoisotopic (exact) mass is 1470 g/mol. The summed E-state index contributed by atoms with van der Waals surface area (Å²) in [5.74, 6) is -3.64. The second-order valence-electron chi connectivity index (χ2n) is 24.6. The molecule has 2 amide bonds. The smallest absolute Gasteiger partial charge is 0.267 e. The summed E-state index contributed by atoms with van der Waals surface area (Å²) in [6.45, 7) is -0.393. The molecule has 8 heterocycles. The Kier molecular flexibility index (Phi) is 18.8. The molecule has 36 heteroatoms. The third-order valence-corrected chi connectivity index (χ3v) is 18.5. The van der Waals surface area contributed by atoms with Gasteiger partial charge in [-0.15, -0.1) is 0 Å². The first-order valence-corrected chi connectivity index (χ1v) is 35.9. The van der Waals surface area contributed by atoms with Crippen molar-refractivity contribution in [2.75, 3.05) is 36.2 Å². The van der Waals surface area contributed by atoms with Gasteiger partial charge in [0.2, 0.25) is 43.6 Å². The molecule has 0 spiro atoms. The number of pyridine rings is 2. The molecule has 4 N–H and O–H groups in total. The van der Waals surface area contributed by atoms with Crippen molar-refractivity contribution in [3.63, 3.8) is 0 Å². The number of ether oxygens (including phenoxy) is 2. The Labute approximate surface area is 586 Å². The molecule has 4 aromatic carbocycles. The molecule has 2 atom stereocenters. The summed E-state index contributed by atoms with van der Waals surface area (Å²) in [6.07, 6.45) is 9.00. The number of fused-ring (bicyclic) bond motifs is 4. The molecular formula is C66H60Cl2F4N18O10S2. The minimum absolute atomic E-state index is 0.0222. The molecule has 14 rings (SSSR count). The number of nitrogens with zero attached hydrogens (tertiary/aromatic N) is 14. The summed E-state index contributed by atoms with van der Waals surface area (Å²) in [4.78, 5) is 74.8. The molecule has 2 saturated carbocycles. The molecule has 0 saturated heterocycles. The molecule has 28 nitrogen and oxygen atoms in total. The lowest BCUT2D eigenvalue weighted by atomic mass is 10.0. The van der Waals surface area contributed by atoms with E-state index in [2.05, 4.69) is 50.4 Å². The molecule has 2 aliphatic carbocycles. The van der Waals surface area contributed by atoms with E-state index < -0.39 is 78.3 Å². The fraction of sp³-hybridized carbons (Fsp3) is 0.273. The maximum Gasteiger partial charge on any atom is 0.267 e. The van der Waals surface area contributed by atoms with Gasteiger partial charge < -0.3 is 20.1 Å². The van der Waals surface area contributed by atoms with E-state index in [-0.39, 0.29) is 137 Å². The lowest BCUT2D eigenvalue weighted by Gasteiger charge is -2.23. The van der Waals surface area contributed by atoms with E-state index >= 15 is 0 Å². The van der Waals surface area contributed by atoms with Gasteiger partial charge in [0.25, 0.3) is 11.1 Å². The van der Waals surface area contributed by atoms with Gasteiger partial charge in [-0.2, -0.15) is 30.4 Å². The van der Waals surface area contributed by atoms with Crippen molar-refractivity contribution in [3.05, 3.63) is 198 Å². The lowest BCUT2D eigenvalue weighted by molar-refractivity contribution is -0.123. The first-order valence-electron chi connectivity index (χ1n) is 31.3. The van der Waals surface area contributed by atoms with E-state index in [4.69, 9.17) is 42.6 Å². The second-order valence-corrected chi connectivity index (χ2v) is 28.9. The van der Waals surface area contributed by atoms with Crippen LogP contribution in [0.4, 0.5) is 29.2 Å². The Morgan fingerprint density at radius 2 is 0.912 bits per heavy atom. The Balaban J connectivity index is 0.000000182. The van der Waals surface area contributed by atoms with Gasteiger partial charge in [-0.25, -0.2) is 44.4 Å². The highest BCUT2D eigenvalue weighted by molar-refractivity contribution is 7.92. The summed E-state index contributed by atoms with van der Waals surface area (Å²) < 4.78 is 130. The fourth-order valence-corrected chi connectivity index (χ4v) is 13.6. The number of carbonyl (C=O) groups excluding carboxylic acids is 2. The zero-order valence-corrected chi connectivity index (χ0v) is 57.9. The minimum atomic E-state index is -3.80. The van der Waals surface area contributed by atoms with Crippen LogP contribution in [0, 0.1) is 23.3 Å². The number of sulfonamides is 2. The van der Waals surface area contributed by atoms with E-state index in [0.29, 0.717) is 11.8 Å². The van der Waals surface area contributed by atoms with Crippen molar-refractivity contribution in [1.29, 1.82) is 0 Å². The number of aryl methyl sites for hydroxylation is 2. The van der Waals surface area contributed by atoms with Crippen molar-refractivity contribution < 1.29 is 53.5 Å². The number of methoxy groups -OCH3 is 2. The van der Waals surface area contributed by atoms with E-state index in [1.165, 1.54) is 105 Å². The predicted octanol–water partition coefficient (Wildman–Crippen LogP) is 8.31. The first kappa shape index (κ1) is 69.6. The number of anilines is 2. The quantitative estimate of drug-likeness (QED) is 0.0463. The van der Waals surface area contributed by atoms with Crippen LogP contribution < -0.4 is 40.7 Å². The average molecular weight is 1480 g/mol. The third-order valence-electron chi connectivity index (χ3n) is 16.7. The summed E-state index contributed by atoms with van der Waals surface area (Å²) in [5.41, 5.74) is 1.61. The summed E-state index contributed by atoms with van der Waals surface area (Å²) in [6, 6.07) is 19.2. The van der Waals surface area contributed by atoms with Gasteiger partial charge in [0.1, 0.15) is 48.0 Å². The Bertz CT molecular complexity index is 5370. The van der Waals surface area contributed by atoms with Gasteiger partial charge in [0.15, 0.2) is 22.9 Å².